The van der Waals surface area contributed by atoms with E-state index in [1.807, 2.05) is 12.1 Å². The van der Waals surface area contributed by atoms with E-state index in [-0.39, 0.29) is 5.38 Å². The Morgan fingerprint density at radius 2 is 2.38 bits per heavy atom. The lowest BCUT2D eigenvalue weighted by Crippen LogP contribution is -2.23. The summed E-state index contributed by atoms with van der Waals surface area (Å²) in [6, 6.07) is 3.91. The maximum Gasteiger partial charge on any atom is 0.217 e. The number of methoxy groups -OCH3 is 1. The van der Waals surface area contributed by atoms with Crippen LogP contribution in [0.25, 0.3) is 0 Å². The predicted molar refractivity (Wildman–Crippen MR) is 67.0 cm³/mol. The van der Waals surface area contributed by atoms with E-state index in [1.165, 1.54) is 0 Å². The molecule has 16 heavy (non-hydrogen) atoms. The molecule has 1 heterocycles. The van der Waals surface area contributed by atoms with Gasteiger partial charge in [-0.2, -0.15) is 0 Å². The van der Waals surface area contributed by atoms with E-state index in [0.717, 1.165) is 31.5 Å². The van der Waals surface area contributed by atoms with Crippen LogP contribution in [0.4, 0.5) is 0 Å². The number of nitrogens with zero attached hydrogens (tertiary/aromatic N) is 1. The molecule has 0 saturated carbocycles. The second kappa shape index (κ2) is 7.47. The average molecular weight is 243 g/mol. The second-order valence-electron chi connectivity index (χ2n) is 3.69. The molecule has 0 fully saturated rings. The van der Waals surface area contributed by atoms with E-state index in [4.69, 9.17) is 16.3 Å². The SMILES string of the molecule is CCCC(Cl)CNCc1cccnc1OC. The highest BCUT2D eigenvalue weighted by Crippen LogP contribution is 2.13. The monoisotopic (exact) mass is 242 g/mol. The highest BCUT2D eigenvalue weighted by atomic mass is 35.5. The Morgan fingerprint density at radius 1 is 1.56 bits per heavy atom. The maximum absolute atomic E-state index is 6.11. The number of pyridine rings is 1. The molecule has 1 aromatic rings. The number of alkyl halides is 1. The molecular weight excluding hydrogens is 224 g/mol. The van der Waals surface area contributed by atoms with Crippen LogP contribution in [0.3, 0.4) is 0 Å². The van der Waals surface area contributed by atoms with Gasteiger partial charge >= 0.3 is 0 Å². The van der Waals surface area contributed by atoms with Gasteiger partial charge in [-0.25, -0.2) is 4.98 Å². The molecule has 1 N–H and O–H groups in total. The molecular formula is C12H19ClN2O. The number of aromatic nitrogens is 1. The van der Waals surface area contributed by atoms with Gasteiger partial charge in [0.25, 0.3) is 0 Å². The van der Waals surface area contributed by atoms with E-state index < -0.39 is 0 Å². The Balaban J connectivity index is 2.36. The highest BCUT2D eigenvalue weighted by molar-refractivity contribution is 6.20. The summed E-state index contributed by atoms with van der Waals surface area (Å²) < 4.78 is 5.17. The fourth-order valence-corrected chi connectivity index (χ4v) is 1.85. The first-order valence-electron chi connectivity index (χ1n) is 5.60. The smallest absolute Gasteiger partial charge is 0.217 e. The lowest BCUT2D eigenvalue weighted by molar-refractivity contribution is 0.390. The van der Waals surface area contributed by atoms with Crippen molar-refractivity contribution in [2.45, 2.75) is 31.7 Å². The van der Waals surface area contributed by atoms with E-state index in [1.54, 1.807) is 13.3 Å². The maximum atomic E-state index is 6.11. The summed E-state index contributed by atoms with van der Waals surface area (Å²) in [5.74, 6) is 0.677. The average Bonchev–Trinajstić information content (AvgIpc) is 2.30. The predicted octanol–water partition coefficient (Wildman–Crippen LogP) is 2.59. The molecule has 0 aliphatic rings. The summed E-state index contributed by atoms with van der Waals surface area (Å²) in [7, 11) is 1.63. The van der Waals surface area contributed by atoms with Crippen molar-refractivity contribution in [3.8, 4) is 5.88 Å². The zero-order valence-corrected chi connectivity index (χ0v) is 10.6. The molecule has 1 aromatic heterocycles. The van der Waals surface area contributed by atoms with Crippen LogP contribution < -0.4 is 10.1 Å². The third-order valence-electron chi connectivity index (χ3n) is 2.33. The van der Waals surface area contributed by atoms with E-state index in [9.17, 15) is 0 Å². The van der Waals surface area contributed by atoms with Gasteiger partial charge in [0.2, 0.25) is 5.88 Å². The van der Waals surface area contributed by atoms with Crippen molar-refractivity contribution in [2.75, 3.05) is 13.7 Å². The van der Waals surface area contributed by atoms with Crippen molar-refractivity contribution < 1.29 is 4.74 Å². The fraction of sp³-hybridized carbons (Fsp3) is 0.583. The van der Waals surface area contributed by atoms with Gasteiger partial charge in [0, 0.05) is 30.2 Å². The van der Waals surface area contributed by atoms with Crippen molar-refractivity contribution in [3.05, 3.63) is 23.9 Å². The van der Waals surface area contributed by atoms with Crippen LogP contribution in [-0.4, -0.2) is 24.0 Å². The third kappa shape index (κ3) is 4.37. The quantitative estimate of drug-likeness (QED) is 0.747. The molecule has 90 valence electrons. The molecule has 4 heteroatoms. The Kier molecular flexibility index (Phi) is 6.19. The fourth-order valence-electron chi connectivity index (χ4n) is 1.52. The number of rotatable bonds is 7. The van der Waals surface area contributed by atoms with E-state index >= 15 is 0 Å². The molecule has 0 saturated heterocycles. The molecule has 0 aliphatic carbocycles. The second-order valence-corrected chi connectivity index (χ2v) is 4.31. The van der Waals surface area contributed by atoms with Crippen LogP contribution in [0.5, 0.6) is 5.88 Å². The molecule has 1 atom stereocenters. The molecule has 0 bridgehead atoms. The molecule has 1 rings (SSSR count). The van der Waals surface area contributed by atoms with Crippen LogP contribution in [0.2, 0.25) is 0 Å². The Morgan fingerprint density at radius 3 is 3.06 bits per heavy atom. The summed E-state index contributed by atoms with van der Waals surface area (Å²) in [6.45, 7) is 3.69. The number of halogens is 1. The normalized spacial score (nSPS) is 12.4. The van der Waals surface area contributed by atoms with Gasteiger partial charge in [-0.3, -0.25) is 0 Å². The zero-order valence-electron chi connectivity index (χ0n) is 9.87. The van der Waals surface area contributed by atoms with Crippen molar-refractivity contribution in [2.24, 2.45) is 0 Å². The molecule has 0 aromatic carbocycles. The van der Waals surface area contributed by atoms with Gasteiger partial charge in [0.15, 0.2) is 0 Å². The summed E-state index contributed by atoms with van der Waals surface area (Å²) >= 11 is 6.11. The van der Waals surface area contributed by atoms with E-state index in [0.29, 0.717) is 5.88 Å². The van der Waals surface area contributed by atoms with Crippen LogP contribution in [-0.2, 0) is 6.54 Å². The molecule has 0 radical (unpaired) electrons. The van der Waals surface area contributed by atoms with Crippen molar-refractivity contribution in [3.63, 3.8) is 0 Å². The first-order chi connectivity index (χ1) is 7.77. The van der Waals surface area contributed by atoms with Crippen LogP contribution in [0.15, 0.2) is 18.3 Å². The Labute approximate surface area is 102 Å². The molecule has 1 unspecified atom stereocenters. The molecule has 0 aliphatic heterocycles. The topological polar surface area (TPSA) is 34.2 Å². The Hall–Kier alpha value is -0.800. The number of hydrogen-bond donors (Lipinski definition) is 1. The Bertz CT molecular complexity index is 307. The highest BCUT2D eigenvalue weighted by Gasteiger charge is 2.05. The third-order valence-corrected chi connectivity index (χ3v) is 2.70. The zero-order chi connectivity index (χ0) is 11.8. The van der Waals surface area contributed by atoms with Gasteiger partial charge in [-0.15, -0.1) is 11.6 Å². The van der Waals surface area contributed by atoms with Crippen LogP contribution in [0.1, 0.15) is 25.3 Å². The summed E-state index contributed by atoms with van der Waals surface area (Å²) in [5.41, 5.74) is 1.06. The lowest BCUT2D eigenvalue weighted by Gasteiger charge is -2.11. The first-order valence-corrected chi connectivity index (χ1v) is 6.04. The largest absolute Gasteiger partial charge is 0.481 e. The van der Waals surface area contributed by atoms with Crippen molar-refractivity contribution >= 4 is 11.6 Å². The molecule has 3 nitrogen and oxygen atoms in total. The number of ether oxygens (including phenoxy) is 1. The first kappa shape index (κ1) is 13.3. The minimum Gasteiger partial charge on any atom is -0.481 e. The molecule has 0 spiro atoms. The van der Waals surface area contributed by atoms with Crippen LogP contribution >= 0.6 is 11.6 Å². The minimum atomic E-state index is 0.202. The van der Waals surface area contributed by atoms with Gasteiger partial charge in [-0.05, 0) is 12.5 Å². The minimum absolute atomic E-state index is 0.202. The number of nitrogens with one attached hydrogen (secondary N) is 1. The van der Waals surface area contributed by atoms with Gasteiger partial charge in [0.05, 0.1) is 7.11 Å². The van der Waals surface area contributed by atoms with Crippen molar-refractivity contribution in [1.29, 1.82) is 0 Å². The van der Waals surface area contributed by atoms with E-state index in [2.05, 4.69) is 17.2 Å². The summed E-state index contributed by atoms with van der Waals surface area (Å²) in [6.07, 6.45) is 3.88. The van der Waals surface area contributed by atoms with Crippen molar-refractivity contribution in [1.82, 2.24) is 10.3 Å². The van der Waals surface area contributed by atoms with Gasteiger partial charge in [0.1, 0.15) is 0 Å². The summed E-state index contributed by atoms with van der Waals surface area (Å²) in [5, 5.41) is 3.51. The van der Waals surface area contributed by atoms with Gasteiger partial charge in [-0.1, -0.05) is 19.4 Å². The summed E-state index contributed by atoms with van der Waals surface area (Å²) in [4.78, 5) is 4.14. The van der Waals surface area contributed by atoms with Crippen LogP contribution in [0, 0.1) is 0 Å². The number of hydrogen-bond acceptors (Lipinski definition) is 3. The molecule has 0 amide bonds. The van der Waals surface area contributed by atoms with Gasteiger partial charge < -0.3 is 10.1 Å². The lowest BCUT2D eigenvalue weighted by atomic mass is 10.2. The standard InChI is InChI=1S/C12H19ClN2O/c1-3-5-11(13)9-14-8-10-6-4-7-15-12(10)16-2/h4,6-7,11,14H,3,5,8-9H2,1-2H3.